The van der Waals surface area contributed by atoms with Crippen molar-refractivity contribution in [3.05, 3.63) is 64.3 Å². The van der Waals surface area contributed by atoms with Crippen LogP contribution in [0.5, 0.6) is 5.75 Å². The summed E-state index contributed by atoms with van der Waals surface area (Å²) in [6.07, 6.45) is 0. The number of furan rings is 1. The van der Waals surface area contributed by atoms with Gasteiger partial charge < -0.3 is 9.15 Å². The Bertz CT molecular complexity index is 772. The number of carbonyl (C=O) groups is 1. The summed E-state index contributed by atoms with van der Waals surface area (Å²) in [4.78, 5) is 12.3. The van der Waals surface area contributed by atoms with Gasteiger partial charge in [0.15, 0.2) is 5.76 Å². The van der Waals surface area contributed by atoms with Gasteiger partial charge in [-0.2, -0.15) is 0 Å². The summed E-state index contributed by atoms with van der Waals surface area (Å²) in [6.45, 7) is 0. The number of halogens is 1. The summed E-state index contributed by atoms with van der Waals surface area (Å²) in [5, 5.41) is 0.881. The van der Waals surface area contributed by atoms with Crippen LogP contribution in [0.2, 0.25) is 0 Å². The van der Waals surface area contributed by atoms with E-state index in [1.165, 1.54) is 0 Å². The number of ketones is 1. The van der Waals surface area contributed by atoms with Gasteiger partial charge in [-0.25, -0.2) is 0 Å². The summed E-state index contributed by atoms with van der Waals surface area (Å²) in [5.41, 5.74) is 1.24. The number of benzene rings is 2. The Hall–Kier alpha value is -2.07. The van der Waals surface area contributed by atoms with Crippen molar-refractivity contribution in [3.63, 3.8) is 0 Å². The number of hydrogen-bond donors (Lipinski definition) is 0. The zero-order chi connectivity index (χ0) is 14.1. The lowest BCUT2D eigenvalue weighted by Crippen LogP contribution is -1.98. The van der Waals surface area contributed by atoms with Gasteiger partial charge in [0.25, 0.3) is 0 Å². The highest BCUT2D eigenvalue weighted by atomic mass is 79.9. The summed E-state index contributed by atoms with van der Waals surface area (Å²) in [5.74, 6) is 0.901. The van der Waals surface area contributed by atoms with Crippen molar-refractivity contribution in [1.82, 2.24) is 0 Å². The minimum Gasteiger partial charge on any atom is -0.497 e. The fourth-order valence-corrected chi connectivity index (χ4v) is 2.26. The normalized spacial score (nSPS) is 10.7. The minimum absolute atomic E-state index is 0.132. The monoisotopic (exact) mass is 330 g/mol. The second-order valence-corrected chi connectivity index (χ2v) is 5.27. The van der Waals surface area contributed by atoms with Gasteiger partial charge in [-0.1, -0.05) is 15.9 Å². The van der Waals surface area contributed by atoms with E-state index in [0.717, 1.165) is 9.86 Å². The molecule has 3 rings (SSSR count). The lowest BCUT2D eigenvalue weighted by Gasteiger charge is -1.98. The first-order chi connectivity index (χ1) is 9.67. The SMILES string of the molecule is COc1ccc2cc(C(=O)c3ccc(Br)cc3)oc2c1. The molecule has 3 aromatic rings. The van der Waals surface area contributed by atoms with Crippen molar-refractivity contribution in [2.75, 3.05) is 7.11 Å². The van der Waals surface area contributed by atoms with Gasteiger partial charge in [0.2, 0.25) is 5.78 Å². The maximum absolute atomic E-state index is 12.3. The molecule has 20 heavy (non-hydrogen) atoms. The molecule has 3 nitrogen and oxygen atoms in total. The summed E-state index contributed by atoms with van der Waals surface area (Å²) < 4.78 is 11.7. The van der Waals surface area contributed by atoms with Crippen LogP contribution in [0.4, 0.5) is 0 Å². The first kappa shape index (κ1) is 12.9. The van der Waals surface area contributed by atoms with Crippen molar-refractivity contribution in [3.8, 4) is 5.75 Å². The maximum atomic E-state index is 12.3. The molecule has 2 aromatic carbocycles. The fraction of sp³-hybridized carbons (Fsp3) is 0.0625. The molecule has 0 fully saturated rings. The Morgan fingerprint density at radius 2 is 1.85 bits per heavy atom. The zero-order valence-corrected chi connectivity index (χ0v) is 12.3. The van der Waals surface area contributed by atoms with Gasteiger partial charge in [0.1, 0.15) is 11.3 Å². The molecule has 0 aliphatic rings. The van der Waals surface area contributed by atoms with E-state index in [9.17, 15) is 4.79 Å². The van der Waals surface area contributed by atoms with E-state index in [1.807, 2.05) is 24.3 Å². The Labute approximate surface area is 124 Å². The summed E-state index contributed by atoms with van der Waals surface area (Å²) in [7, 11) is 1.60. The number of methoxy groups -OCH3 is 1. The van der Waals surface area contributed by atoms with Crippen molar-refractivity contribution >= 4 is 32.7 Å². The number of ether oxygens (including phenoxy) is 1. The molecular formula is C16H11BrO3. The Kier molecular flexibility index (Phi) is 3.32. The largest absolute Gasteiger partial charge is 0.497 e. The molecule has 100 valence electrons. The van der Waals surface area contributed by atoms with E-state index in [1.54, 1.807) is 31.4 Å². The molecule has 0 bridgehead atoms. The zero-order valence-electron chi connectivity index (χ0n) is 10.7. The number of carbonyl (C=O) groups excluding carboxylic acids is 1. The number of rotatable bonds is 3. The molecule has 0 N–H and O–H groups in total. The van der Waals surface area contributed by atoms with E-state index in [-0.39, 0.29) is 5.78 Å². The number of fused-ring (bicyclic) bond motifs is 1. The first-order valence-electron chi connectivity index (χ1n) is 6.05. The second kappa shape index (κ2) is 5.13. The van der Waals surface area contributed by atoms with Gasteiger partial charge in [-0.3, -0.25) is 4.79 Å². The first-order valence-corrected chi connectivity index (χ1v) is 6.84. The molecule has 0 spiro atoms. The van der Waals surface area contributed by atoms with E-state index >= 15 is 0 Å². The van der Waals surface area contributed by atoms with Crippen molar-refractivity contribution in [1.29, 1.82) is 0 Å². The molecule has 0 amide bonds. The average molecular weight is 331 g/mol. The van der Waals surface area contributed by atoms with Crippen LogP contribution in [-0.2, 0) is 0 Å². The lowest BCUT2D eigenvalue weighted by atomic mass is 10.1. The molecular weight excluding hydrogens is 320 g/mol. The predicted octanol–water partition coefficient (Wildman–Crippen LogP) is 4.43. The van der Waals surface area contributed by atoms with Gasteiger partial charge in [0.05, 0.1) is 7.11 Å². The van der Waals surface area contributed by atoms with Gasteiger partial charge in [-0.05, 0) is 42.5 Å². The smallest absolute Gasteiger partial charge is 0.228 e. The van der Waals surface area contributed by atoms with Gasteiger partial charge in [-0.15, -0.1) is 0 Å². The van der Waals surface area contributed by atoms with Crippen LogP contribution in [0.15, 0.2) is 57.4 Å². The van der Waals surface area contributed by atoms with Gasteiger partial charge in [0, 0.05) is 21.5 Å². The molecule has 1 aromatic heterocycles. The third kappa shape index (κ3) is 2.34. The van der Waals surface area contributed by atoms with E-state index in [4.69, 9.17) is 9.15 Å². The van der Waals surface area contributed by atoms with Crippen molar-refractivity contribution < 1.29 is 13.9 Å². The molecule has 0 saturated carbocycles. The Morgan fingerprint density at radius 1 is 1.10 bits per heavy atom. The number of hydrogen-bond acceptors (Lipinski definition) is 3. The van der Waals surface area contributed by atoms with Crippen molar-refractivity contribution in [2.45, 2.75) is 0 Å². The summed E-state index contributed by atoms with van der Waals surface area (Å²) >= 11 is 3.35. The van der Waals surface area contributed by atoms with E-state index < -0.39 is 0 Å². The van der Waals surface area contributed by atoms with Crippen LogP contribution in [-0.4, -0.2) is 12.9 Å². The van der Waals surface area contributed by atoms with Crippen LogP contribution in [0.1, 0.15) is 16.1 Å². The van der Waals surface area contributed by atoms with E-state index in [2.05, 4.69) is 15.9 Å². The van der Waals surface area contributed by atoms with Crippen LogP contribution < -0.4 is 4.74 Å². The van der Waals surface area contributed by atoms with Crippen molar-refractivity contribution in [2.24, 2.45) is 0 Å². The molecule has 0 aliphatic carbocycles. The fourth-order valence-electron chi connectivity index (χ4n) is 1.99. The molecule has 1 heterocycles. The molecule has 0 aliphatic heterocycles. The average Bonchev–Trinajstić information content (AvgIpc) is 2.90. The molecule has 0 atom stereocenters. The predicted molar refractivity (Wildman–Crippen MR) is 80.3 cm³/mol. The van der Waals surface area contributed by atoms with Crippen LogP contribution >= 0.6 is 15.9 Å². The maximum Gasteiger partial charge on any atom is 0.228 e. The van der Waals surface area contributed by atoms with Gasteiger partial charge >= 0.3 is 0 Å². The third-order valence-corrected chi connectivity index (χ3v) is 3.59. The molecule has 4 heteroatoms. The quantitative estimate of drug-likeness (QED) is 0.666. The molecule has 0 radical (unpaired) electrons. The third-order valence-electron chi connectivity index (χ3n) is 3.06. The second-order valence-electron chi connectivity index (χ2n) is 4.35. The Morgan fingerprint density at radius 3 is 2.55 bits per heavy atom. The highest BCUT2D eigenvalue weighted by Crippen LogP contribution is 2.25. The molecule has 0 saturated heterocycles. The topological polar surface area (TPSA) is 39.4 Å². The Balaban J connectivity index is 2.01. The van der Waals surface area contributed by atoms with Crippen LogP contribution in [0, 0.1) is 0 Å². The minimum atomic E-state index is -0.132. The molecule has 0 unspecified atom stereocenters. The van der Waals surface area contributed by atoms with Crippen LogP contribution in [0.3, 0.4) is 0 Å². The van der Waals surface area contributed by atoms with Crippen LogP contribution in [0.25, 0.3) is 11.0 Å². The standard InChI is InChI=1S/C16H11BrO3/c1-19-13-7-4-11-8-15(20-14(11)9-13)16(18)10-2-5-12(17)6-3-10/h2-9H,1H3. The highest BCUT2D eigenvalue weighted by Gasteiger charge is 2.14. The van der Waals surface area contributed by atoms with E-state index in [0.29, 0.717) is 22.7 Å². The summed E-state index contributed by atoms with van der Waals surface area (Å²) in [6, 6.07) is 14.4. The lowest BCUT2D eigenvalue weighted by molar-refractivity contribution is 0.101. The highest BCUT2D eigenvalue weighted by molar-refractivity contribution is 9.10.